The van der Waals surface area contributed by atoms with E-state index in [1.807, 2.05) is 30.3 Å². The summed E-state index contributed by atoms with van der Waals surface area (Å²) in [5.41, 5.74) is 0.788. The molecule has 0 bridgehead atoms. The van der Waals surface area contributed by atoms with Gasteiger partial charge in [-0.1, -0.05) is 43.2 Å². The van der Waals surface area contributed by atoms with E-state index in [1.54, 1.807) is 0 Å². The molecule has 0 heterocycles. The maximum absolute atomic E-state index is 12.5. The Balaban J connectivity index is 1.70. The number of amides is 1. The molecule has 1 amide bonds. The molecule has 0 unspecified atom stereocenters. The van der Waals surface area contributed by atoms with Gasteiger partial charge in [0.25, 0.3) is 0 Å². The standard InChI is InChI=1S/C16H21NO2/c18-14-9-5-4-8-13(14)17-15(19)16(10-11-16)12-6-2-1-3-7-12/h1-3,6-7,13-14,18H,4-5,8-11H2,(H,17,19)/t13-,14-/m1/s1. The van der Waals surface area contributed by atoms with E-state index in [9.17, 15) is 9.90 Å². The van der Waals surface area contributed by atoms with Gasteiger partial charge in [-0.3, -0.25) is 4.79 Å². The molecule has 0 saturated heterocycles. The molecule has 2 saturated carbocycles. The molecular weight excluding hydrogens is 238 g/mol. The van der Waals surface area contributed by atoms with Crippen LogP contribution < -0.4 is 5.32 Å². The van der Waals surface area contributed by atoms with Crippen molar-refractivity contribution in [2.45, 2.75) is 56.1 Å². The lowest BCUT2D eigenvalue weighted by molar-refractivity contribution is -0.125. The van der Waals surface area contributed by atoms with Crippen molar-refractivity contribution in [3.05, 3.63) is 35.9 Å². The van der Waals surface area contributed by atoms with Gasteiger partial charge < -0.3 is 10.4 Å². The molecule has 2 aliphatic carbocycles. The molecule has 1 aromatic carbocycles. The number of carbonyl (C=O) groups is 1. The van der Waals surface area contributed by atoms with Gasteiger partial charge in [-0.15, -0.1) is 0 Å². The second-order valence-corrected chi connectivity index (χ2v) is 5.88. The summed E-state index contributed by atoms with van der Waals surface area (Å²) in [6, 6.07) is 9.95. The Bertz CT molecular complexity index is 453. The lowest BCUT2D eigenvalue weighted by atomic mass is 9.90. The molecule has 2 atom stereocenters. The molecular formula is C16H21NO2. The first-order valence-corrected chi connectivity index (χ1v) is 7.27. The van der Waals surface area contributed by atoms with Crippen LogP contribution >= 0.6 is 0 Å². The first-order chi connectivity index (χ1) is 9.22. The minimum atomic E-state index is -0.371. The number of rotatable bonds is 3. The Labute approximate surface area is 114 Å². The molecule has 1 aromatic rings. The zero-order chi connectivity index (χ0) is 13.3. The number of hydrogen-bond donors (Lipinski definition) is 2. The third-order valence-electron chi connectivity index (χ3n) is 4.56. The Morgan fingerprint density at radius 2 is 1.84 bits per heavy atom. The molecule has 0 aliphatic heterocycles. The topological polar surface area (TPSA) is 49.3 Å². The minimum Gasteiger partial charge on any atom is -0.391 e. The van der Waals surface area contributed by atoms with Gasteiger partial charge >= 0.3 is 0 Å². The molecule has 3 nitrogen and oxygen atoms in total. The van der Waals surface area contributed by atoms with E-state index in [-0.39, 0.29) is 23.5 Å². The van der Waals surface area contributed by atoms with Crippen LogP contribution in [0.15, 0.2) is 30.3 Å². The Morgan fingerprint density at radius 3 is 2.47 bits per heavy atom. The summed E-state index contributed by atoms with van der Waals surface area (Å²) >= 11 is 0. The molecule has 19 heavy (non-hydrogen) atoms. The van der Waals surface area contributed by atoms with Crippen molar-refractivity contribution in [1.82, 2.24) is 5.32 Å². The molecule has 3 rings (SSSR count). The highest BCUT2D eigenvalue weighted by atomic mass is 16.3. The van der Waals surface area contributed by atoms with Gasteiger partial charge in [-0.25, -0.2) is 0 Å². The van der Waals surface area contributed by atoms with Crippen molar-refractivity contribution in [2.24, 2.45) is 0 Å². The first kappa shape index (κ1) is 12.7. The number of hydrogen-bond acceptors (Lipinski definition) is 2. The van der Waals surface area contributed by atoms with E-state index in [2.05, 4.69) is 5.32 Å². The van der Waals surface area contributed by atoms with Crippen LogP contribution in [0, 0.1) is 0 Å². The van der Waals surface area contributed by atoms with Crippen molar-refractivity contribution in [1.29, 1.82) is 0 Å². The minimum absolute atomic E-state index is 0.0533. The summed E-state index contributed by atoms with van der Waals surface area (Å²) in [6.07, 6.45) is 5.35. The zero-order valence-corrected chi connectivity index (χ0v) is 11.1. The van der Waals surface area contributed by atoms with E-state index >= 15 is 0 Å². The Morgan fingerprint density at radius 1 is 1.16 bits per heavy atom. The maximum Gasteiger partial charge on any atom is 0.230 e. The third-order valence-corrected chi connectivity index (χ3v) is 4.56. The SMILES string of the molecule is O=C(N[C@@H]1CCCC[C@H]1O)C1(c2ccccc2)CC1. The molecule has 102 valence electrons. The number of benzene rings is 1. The van der Waals surface area contributed by atoms with Gasteiger partial charge in [0.2, 0.25) is 5.91 Å². The van der Waals surface area contributed by atoms with Crippen molar-refractivity contribution in [3.63, 3.8) is 0 Å². The lowest BCUT2D eigenvalue weighted by Crippen LogP contribution is -2.48. The zero-order valence-electron chi connectivity index (χ0n) is 11.1. The largest absolute Gasteiger partial charge is 0.391 e. The van der Waals surface area contributed by atoms with Crippen LogP contribution in [-0.4, -0.2) is 23.2 Å². The molecule has 2 aliphatic rings. The maximum atomic E-state index is 12.5. The van der Waals surface area contributed by atoms with Crippen LogP contribution in [0.1, 0.15) is 44.1 Å². The fourth-order valence-electron chi connectivity index (χ4n) is 3.12. The summed E-state index contributed by atoms with van der Waals surface area (Å²) in [7, 11) is 0. The van der Waals surface area contributed by atoms with Crippen molar-refractivity contribution in [2.75, 3.05) is 0 Å². The molecule has 2 N–H and O–H groups in total. The highest BCUT2D eigenvalue weighted by Gasteiger charge is 2.51. The number of aliphatic hydroxyl groups excluding tert-OH is 1. The molecule has 0 spiro atoms. The van der Waals surface area contributed by atoms with Crippen LogP contribution in [0.5, 0.6) is 0 Å². The van der Waals surface area contributed by atoms with Crippen molar-refractivity contribution < 1.29 is 9.90 Å². The summed E-state index contributed by atoms with van der Waals surface area (Å²) in [4.78, 5) is 12.5. The van der Waals surface area contributed by atoms with Crippen LogP contribution in [0.2, 0.25) is 0 Å². The normalized spacial score (nSPS) is 28.7. The number of carbonyl (C=O) groups excluding carboxylic acids is 1. The smallest absolute Gasteiger partial charge is 0.230 e. The molecule has 0 radical (unpaired) electrons. The van der Waals surface area contributed by atoms with E-state index < -0.39 is 0 Å². The fraction of sp³-hybridized carbons (Fsp3) is 0.562. The van der Waals surface area contributed by atoms with Crippen LogP contribution in [0.3, 0.4) is 0 Å². The van der Waals surface area contributed by atoms with Gasteiger partial charge in [0, 0.05) is 0 Å². The third kappa shape index (κ3) is 2.39. The van der Waals surface area contributed by atoms with Crippen molar-refractivity contribution in [3.8, 4) is 0 Å². The highest BCUT2D eigenvalue weighted by molar-refractivity contribution is 5.91. The highest BCUT2D eigenvalue weighted by Crippen LogP contribution is 2.48. The monoisotopic (exact) mass is 259 g/mol. The van der Waals surface area contributed by atoms with Gasteiger partial charge in [-0.05, 0) is 31.2 Å². The summed E-state index contributed by atoms with van der Waals surface area (Å²) in [5.74, 6) is 0.102. The second-order valence-electron chi connectivity index (χ2n) is 5.88. The summed E-state index contributed by atoms with van der Waals surface area (Å²) < 4.78 is 0. The van der Waals surface area contributed by atoms with Gasteiger partial charge in [0.1, 0.15) is 0 Å². The number of nitrogens with one attached hydrogen (secondary N) is 1. The summed E-state index contributed by atoms with van der Waals surface area (Å²) in [6.45, 7) is 0. The van der Waals surface area contributed by atoms with Crippen molar-refractivity contribution >= 4 is 5.91 Å². The lowest BCUT2D eigenvalue weighted by Gasteiger charge is -2.30. The quantitative estimate of drug-likeness (QED) is 0.873. The number of aliphatic hydroxyl groups is 1. The van der Waals surface area contributed by atoms with E-state index in [0.29, 0.717) is 0 Å². The molecule has 2 fully saturated rings. The Kier molecular flexibility index (Phi) is 3.31. The van der Waals surface area contributed by atoms with Crippen LogP contribution in [0.4, 0.5) is 0 Å². The van der Waals surface area contributed by atoms with E-state index in [4.69, 9.17) is 0 Å². The summed E-state index contributed by atoms with van der Waals surface area (Å²) in [5, 5.41) is 13.0. The fourth-order valence-corrected chi connectivity index (χ4v) is 3.12. The van der Waals surface area contributed by atoms with Gasteiger partial charge in [0.15, 0.2) is 0 Å². The molecule has 0 aromatic heterocycles. The van der Waals surface area contributed by atoms with Gasteiger partial charge in [-0.2, -0.15) is 0 Å². The predicted octanol–water partition coefficient (Wildman–Crippen LogP) is 2.14. The van der Waals surface area contributed by atoms with E-state index in [1.165, 1.54) is 0 Å². The predicted molar refractivity (Wildman–Crippen MR) is 73.8 cm³/mol. The van der Waals surface area contributed by atoms with Crippen LogP contribution in [-0.2, 0) is 10.2 Å². The van der Waals surface area contributed by atoms with E-state index in [0.717, 1.165) is 44.1 Å². The average Bonchev–Trinajstić information content (AvgIpc) is 3.24. The van der Waals surface area contributed by atoms with Gasteiger partial charge in [0.05, 0.1) is 17.6 Å². The second kappa shape index (κ2) is 4.97. The molecule has 3 heteroatoms. The Hall–Kier alpha value is -1.35. The first-order valence-electron chi connectivity index (χ1n) is 7.27. The average molecular weight is 259 g/mol. The van der Waals surface area contributed by atoms with Crippen LogP contribution in [0.25, 0.3) is 0 Å².